The van der Waals surface area contributed by atoms with Gasteiger partial charge in [-0.05, 0) is 36.8 Å². The lowest BCUT2D eigenvalue weighted by atomic mass is 10.0. The van der Waals surface area contributed by atoms with Gasteiger partial charge in [-0.25, -0.2) is 8.42 Å². The molecule has 0 aliphatic carbocycles. The van der Waals surface area contributed by atoms with E-state index in [4.69, 9.17) is 0 Å². The van der Waals surface area contributed by atoms with Crippen LogP contribution in [0.4, 0.5) is 5.69 Å². The van der Waals surface area contributed by atoms with Crippen molar-refractivity contribution in [3.8, 4) is 0 Å². The molecule has 1 aliphatic rings. The lowest BCUT2D eigenvalue weighted by Gasteiger charge is -2.33. The number of ketones is 1. The Balaban J connectivity index is 1.88. The van der Waals surface area contributed by atoms with Gasteiger partial charge in [-0.15, -0.1) is 0 Å². The molecule has 3 aromatic carbocycles. The number of nitrogens with zero attached hydrogens (tertiary/aromatic N) is 2. The number of hydrogen-bond acceptors (Lipinski definition) is 5. The summed E-state index contributed by atoms with van der Waals surface area (Å²) in [4.78, 5) is 29.3. The topological polar surface area (TPSA) is 86.8 Å². The number of carbonyl (C=O) groups is 2. The number of unbranched alkanes of at least 4 members (excludes halogenated alkanes) is 2. The molecule has 1 aliphatic heterocycles. The molecule has 3 aromatic rings. The Morgan fingerprint density at radius 3 is 2.14 bits per heavy atom. The predicted molar refractivity (Wildman–Crippen MR) is 146 cm³/mol. The standard InChI is InChI=1S/C29H31N3O4S/c1-4-5-11-20-32-27(28(33)21-12-7-6-8-13-21)26(24-14-9-10-15-25(24)37(32,35)36)30-29(34)22-16-18-23(19-17-22)31(2)3/h6-10,12-19H,4-5,11,20H2,1-3H3,(H,30,34). The number of allylic oxidation sites excluding steroid dienone is 1. The molecule has 8 heteroatoms. The average molecular weight is 518 g/mol. The van der Waals surface area contributed by atoms with Crippen LogP contribution in [-0.4, -0.2) is 45.1 Å². The van der Waals surface area contributed by atoms with Gasteiger partial charge < -0.3 is 10.2 Å². The lowest BCUT2D eigenvalue weighted by Crippen LogP contribution is -2.41. The van der Waals surface area contributed by atoms with Gasteiger partial charge in [-0.2, -0.15) is 0 Å². The minimum absolute atomic E-state index is 0.0423. The molecular formula is C29H31N3O4S. The molecule has 1 heterocycles. The fraction of sp³-hybridized carbons (Fsp3) is 0.241. The molecule has 0 spiro atoms. The first-order valence-electron chi connectivity index (χ1n) is 12.3. The minimum Gasteiger partial charge on any atom is -0.378 e. The SMILES string of the molecule is CCCCCN1C(C(=O)c2ccccc2)=C(NC(=O)c2ccc(N(C)C)cc2)c2ccccc2S1(=O)=O. The van der Waals surface area contributed by atoms with E-state index in [0.29, 0.717) is 23.1 Å². The predicted octanol–water partition coefficient (Wildman–Crippen LogP) is 4.93. The van der Waals surface area contributed by atoms with Crippen molar-refractivity contribution in [2.24, 2.45) is 0 Å². The zero-order chi connectivity index (χ0) is 26.6. The first-order chi connectivity index (χ1) is 17.8. The summed E-state index contributed by atoms with van der Waals surface area (Å²) in [7, 11) is -0.195. The summed E-state index contributed by atoms with van der Waals surface area (Å²) in [6.45, 7) is 2.16. The highest BCUT2D eigenvalue weighted by atomic mass is 32.2. The summed E-state index contributed by atoms with van der Waals surface area (Å²) in [6, 6.07) is 22.1. The third kappa shape index (κ3) is 5.29. The molecule has 7 nitrogen and oxygen atoms in total. The number of fused-ring (bicyclic) bond motifs is 1. The highest BCUT2D eigenvalue weighted by Gasteiger charge is 2.40. The minimum atomic E-state index is -4.02. The van der Waals surface area contributed by atoms with Crippen LogP contribution >= 0.6 is 0 Å². The maximum atomic E-state index is 13.9. The van der Waals surface area contributed by atoms with Crippen molar-refractivity contribution in [1.82, 2.24) is 9.62 Å². The van der Waals surface area contributed by atoms with E-state index in [-0.39, 0.29) is 22.8 Å². The molecule has 0 fully saturated rings. The molecule has 0 unspecified atom stereocenters. The van der Waals surface area contributed by atoms with E-state index >= 15 is 0 Å². The molecule has 0 radical (unpaired) electrons. The van der Waals surface area contributed by atoms with Gasteiger partial charge in [0.1, 0.15) is 5.70 Å². The van der Waals surface area contributed by atoms with Crippen LogP contribution < -0.4 is 10.2 Å². The molecule has 0 saturated heterocycles. The number of amides is 1. The highest BCUT2D eigenvalue weighted by molar-refractivity contribution is 7.89. The van der Waals surface area contributed by atoms with E-state index in [1.54, 1.807) is 60.7 Å². The third-order valence-electron chi connectivity index (χ3n) is 6.31. The summed E-state index contributed by atoms with van der Waals surface area (Å²) in [5.74, 6) is -0.894. The van der Waals surface area contributed by atoms with Crippen LogP contribution in [0.2, 0.25) is 0 Å². The molecule has 192 valence electrons. The number of rotatable bonds is 9. The van der Waals surface area contributed by atoms with Gasteiger partial charge in [0.2, 0.25) is 5.78 Å². The van der Waals surface area contributed by atoms with Crippen LogP contribution in [0.5, 0.6) is 0 Å². The van der Waals surface area contributed by atoms with Crippen molar-refractivity contribution in [2.75, 3.05) is 25.5 Å². The first kappa shape index (κ1) is 26.2. The highest BCUT2D eigenvalue weighted by Crippen LogP contribution is 2.37. The molecule has 37 heavy (non-hydrogen) atoms. The van der Waals surface area contributed by atoms with Crippen molar-refractivity contribution in [1.29, 1.82) is 0 Å². The van der Waals surface area contributed by atoms with E-state index in [9.17, 15) is 18.0 Å². The number of carbonyl (C=O) groups excluding carboxylic acids is 2. The smallest absolute Gasteiger partial charge is 0.265 e. The molecule has 0 saturated carbocycles. The van der Waals surface area contributed by atoms with Crippen LogP contribution in [0, 0.1) is 0 Å². The molecule has 1 amide bonds. The van der Waals surface area contributed by atoms with Crippen LogP contribution in [0.25, 0.3) is 5.70 Å². The van der Waals surface area contributed by atoms with Crippen molar-refractivity contribution < 1.29 is 18.0 Å². The summed E-state index contributed by atoms with van der Waals surface area (Å²) in [5, 5.41) is 2.90. The van der Waals surface area contributed by atoms with Crippen LogP contribution in [0.3, 0.4) is 0 Å². The monoisotopic (exact) mass is 517 g/mol. The zero-order valence-corrected chi connectivity index (χ0v) is 22.1. The van der Waals surface area contributed by atoms with Gasteiger partial charge >= 0.3 is 0 Å². The van der Waals surface area contributed by atoms with E-state index < -0.39 is 21.7 Å². The zero-order valence-electron chi connectivity index (χ0n) is 21.3. The Hall–Kier alpha value is -3.91. The van der Waals surface area contributed by atoms with E-state index in [1.807, 2.05) is 38.1 Å². The fourth-order valence-corrected chi connectivity index (χ4v) is 6.02. The van der Waals surface area contributed by atoms with Crippen LogP contribution in [-0.2, 0) is 10.0 Å². The van der Waals surface area contributed by atoms with Crippen LogP contribution in [0.15, 0.2) is 89.5 Å². The van der Waals surface area contributed by atoms with Gasteiger partial charge in [0.05, 0.1) is 10.6 Å². The molecule has 0 atom stereocenters. The fourth-order valence-electron chi connectivity index (χ4n) is 4.30. The van der Waals surface area contributed by atoms with Gasteiger partial charge in [0, 0.05) is 43.0 Å². The maximum absolute atomic E-state index is 13.9. The average Bonchev–Trinajstić information content (AvgIpc) is 2.91. The van der Waals surface area contributed by atoms with Gasteiger partial charge in [0.15, 0.2) is 0 Å². The number of nitrogens with one attached hydrogen (secondary N) is 1. The second kappa shape index (κ2) is 11.0. The van der Waals surface area contributed by atoms with Crippen molar-refractivity contribution in [2.45, 2.75) is 31.1 Å². The molecule has 4 rings (SSSR count). The second-order valence-electron chi connectivity index (χ2n) is 9.09. The largest absolute Gasteiger partial charge is 0.378 e. The number of anilines is 1. The number of benzene rings is 3. The van der Waals surface area contributed by atoms with Gasteiger partial charge in [0.25, 0.3) is 15.9 Å². The normalized spacial score (nSPS) is 14.2. The number of hydrogen-bond donors (Lipinski definition) is 1. The summed E-state index contributed by atoms with van der Waals surface area (Å²) >= 11 is 0. The Kier molecular flexibility index (Phi) is 7.78. The Bertz CT molecular complexity index is 1430. The van der Waals surface area contributed by atoms with E-state index in [2.05, 4.69) is 5.32 Å². The third-order valence-corrected chi connectivity index (χ3v) is 8.17. The summed E-state index contributed by atoms with van der Waals surface area (Å²) in [5.41, 5.74) is 2.12. The first-order valence-corrected chi connectivity index (χ1v) is 13.7. The lowest BCUT2D eigenvalue weighted by molar-refractivity contribution is 0.0972. The number of sulfonamides is 1. The molecule has 1 N–H and O–H groups in total. The summed E-state index contributed by atoms with van der Waals surface area (Å²) < 4.78 is 28.7. The Morgan fingerprint density at radius 1 is 0.838 bits per heavy atom. The molecule has 0 bridgehead atoms. The van der Waals surface area contributed by atoms with Crippen LogP contribution in [0.1, 0.15) is 52.5 Å². The van der Waals surface area contributed by atoms with E-state index in [0.717, 1.165) is 18.5 Å². The Morgan fingerprint density at radius 2 is 1.49 bits per heavy atom. The number of Topliss-reactive ketones (excluding diaryl/α,β-unsaturated/α-hetero) is 1. The van der Waals surface area contributed by atoms with Crippen molar-refractivity contribution in [3.05, 3.63) is 101 Å². The Labute approximate surface area is 218 Å². The van der Waals surface area contributed by atoms with Gasteiger partial charge in [-0.1, -0.05) is 68.3 Å². The van der Waals surface area contributed by atoms with Crippen molar-refractivity contribution in [3.63, 3.8) is 0 Å². The van der Waals surface area contributed by atoms with Crippen molar-refractivity contribution >= 4 is 33.1 Å². The second-order valence-corrected chi connectivity index (χ2v) is 10.9. The molecule has 0 aromatic heterocycles. The maximum Gasteiger partial charge on any atom is 0.265 e. The van der Waals surface area contributed by atoms with Gasteiger partial charge in [-0.3, -0.25) is 13.9 Å². The molecular weight excluding hydrogens is 486 g/mol. The quantitative estimate of drug-likeness (QED) is 0.321. The van der Waals surface area contributed by atoms with E-state index in [1.165, 1.54) is 10.4 Å². The summed E-state index contributed by atoms with van der Waals surface area (Å²) in [6.07, 6.45) is 2.28.